The number of rotatable bonds is 6. The maximum absolute atomic E-state index is 11.5. The van der Waals surface area contributed by atoms with E-state index in [0.29, 0.717) is 5.75 Å². The van der Waals surface area contributed by atoms with Crippen molar-refractivity contribution < 1.29 is 14.6 Å². The highest BCUT2D eigenvalue weighted by atomic mass is 16.5. The summed E-state index contributed by atoms with van der Waals surface area (Å²) in [7, 11) is 0. The molecular formula is C13H18O3. The fraction of sp³-hybridized carbons (Fsp3) is 0.462. The Bertz CT molecular complexity index is 308. The molecule has 0 aliphatic rings. The largest absolute Gasteiger partial charge is 0.427 e. The number of esters is 1. The van der Waals surface area contributed by atoms with Crippen LogP contribution in [0, 0.1) is 5.92 Å². The lowest BCUT2D eigenvalue weighted by molar-refractivity contribution is -0.135. The van der Waals surface area contributed by atoms with Crippen LogP contribution < -0.4 is 4.74 Å². The van der Waals surface area contributed by atoms with Crippen LogP contribution in [-0.4, -0.2) is 17.7 Å². The van der Waals surface area contributed by atoms with E-state index in [2.05, 4.69) is 0 Å². The molecule has 0 bridgehead atoms. The number of carbonyl (C=O) groups excluding carboxylic acids is 1. The molecule has 1 atom stereocenters. The predicted octanol–water partition coefficient (Wildman–Crippen LogP) is 2.39. The third-order valence-electron chi connectivity index (χ3n) is 2.39. The van der Waals surface area contributed by atoms with Crippen LogP contribution in [0.3, 0.4) is 0 Å². The molecule has 0 amide bonds. The van der Waals surface area contributed by atoms with Crippen molar-refractivity contribution in [1.29, 1.82) is 0 Å². The fourth-order valence-electron chi connectivity index (χ4n) is 1.56. The number of aliphatic hydroxyl groups is 1. The lowest BCUT2D eigenvalue weighted by atomic mass is 10.0. The van der Waals surface area contributed by atoms with Crippen LogP contribution in [0.25, 0.3) is 0 Å². The first kappa shape index (κ1) is 12.7. The molecule has 0 saturated carbocycles. The molecule has 1 rings (SSSR count). The first-order valence-corrected chi connectivity index (χ1v) is 5.62. The molecule has 0 fully saturated rings. The Hall–Kier alpha value is -1.35. The van der Waals surface area contributed by atoms with Crippen LogP contribution in [0.2, 0.25) is 0 Å². The minimum Gasteiger partial charge on any atom is -0.427 e. The van der Waals surface area contributed by atoms with Gasteiger partial charge in [-0.25, -0.2) is 0 Å². The molecule has 3 nitrogen and oxygen atoms in total. The number of benzene rings is 1. The zero-order chi connectivity index (χ0) is 11.8. The van der Waals surface area contributed by atoms with Gasteiger partial charge in [0.15, 0.2) is 0 Å². The summed E-state index contributed by atoms with van der Waals surface area (Å²) in [6, 6.07) is 8.98. The zero-order valence-electron chi connectivity index (χ0n) is 9.56. The number of carbonyl (C=O) groups is 1. The summed E-state index contributed by atoms with van der Waals surface area (Å²) in [6.45, 7) is 2.07. The normalized spacial score (nSPS) is 12.1. The average Bonchev–Trinajstić information content (AvgIpc) is 2.29. The van der Waals surface area contributed by atoms with Gasteiger partial charge in [-0.2, -0.15) is 0 Å². The third kappa shape index (κ3) is 4.45. The molecule has 0 heterocycles. The van der Waals surface area contributed by atoms with Gasteiger partial charge < -0.3 is 9.84 Å². The number of hydrogen-bond acceptors (Lipinski definition) is 3. The Morgan fingerprint density at radius 3 is 2.62 bits per heavy atom. The average molecular weight is 222 g/mol. The van der Waals surface area contributed by atoms with Crippen molar-refractivity contribution in [2.45, 2.75) is 26.2 Å². The van der Waals surface area contributed by atoms with Gasteiger partial charge in [0, 0.05) is 6.61 Å². The van der Waals surface area contributed by atoms with Gasteiger partial charge in [-0.3, -0.25) is 4.79 Å². The van der Waals surface area contributed by atoms with Gasteiger partial charge >= 0.3 is 5.97 Å². The SMILES string of the molecule is CCC[C@@H](CO)CC(=O)Oc1ccccc1. The summed E-state index contributed by atoms with van der Waals surface area (Å²) in [5, 5.41) is 9.06. The maximum Gasteiger partial charge on any atom is 0.311 e. The molecule has 0 saturated heterocycles. The molecule has 0 aromatic heterocycles. The van der Waals surface area contributed by atoms with E-state index in [9.17, 15) is 4.79 Å². The van der Waals surface area contributed by atoms with Gasteiger partial charge in [0.2, 0.25) is 0 Å². The number of aliphatic hydroxyl groups excluding tert-OH is 1. The Morgan fingerprint density at radius 1 is 1.38 bits per heavy atom. The van der Waals surface area contributed by atoms with Gasteiger partial charge in [-0.15, -0.1) is 0 Å². The van der Waals surface area contributed by atoms with Gasteiger partial charge in [0.05, 0.1) is 6.42 Å². The first-order valence-electron chi connectivity index (χ1n) is 5.62. The van der Waals surface area contributed by atoms with Crippen LogP contribution in [0.5, 0.6) is 5.75 Å². The van der Waals surface area contributed by atoms with E-state index in [-0.39, 0.29) is 24.9 Å². The molecule has 1 aromatic carbocycles. The van der Waals surface area contributed by atoms with E-state index < -0.39 is 0 Å². The van der Waals surface area contributed by atoms with Crippen LogP contribution in [0.1, 0.15) is 26.2 Å². The Kier molecular flexibility index (Phi) is 5.57. The number of ether oxygens (including phenoxy) is 1. The van der Waals surface area contributed by atoms with E-state index >= 15 is 0 Å². The molecule has 16 heavy (non-hydrogen) atoms. The standard InChI is InChI=1S/C13H18O3/c1-2-6-11(10-14)9-13(15)16-12-7-4-3-5-8-12/h3-5,7-8,11,14H,2,6,9-10H2,1H3/t11-/m1/s1. The molecule has 0 unspecified atom stereocenters. The molecule has 0 radical (unpaired) electrons. The Balaban J connectivity index is 2.41. The summed E-state index contributed by atoms with van der Waals surface area (Å²) < 4.78 is 5.14. The van der Waals surface area contributed by atoms with E-state index in [4.69, 9.17) is 9.84 Å². The zero-order valence-corrected chi connectivity index (χ0v) is 9.56. The van der Waals surface area contributed by atoms with Gasteiger partial charge in [0.1, 0.15) is 5.75 Å². The summed E-state index contributed by atoms with van der Waals surface area (Å²) >= 11 is 0. The van der Waals surface area contributed by atoms with Crippen molar-refractivity contribution in [1.82, 2.24) is 0 Å². The van der Waals surface area contributed by atoms with Crippen molar-refractivity contribution in [3.63, 3.8) is 0 Å². The highest BCUT2D eigenvalue weighted by Crippen LogP contribution is 2.14. The highest BCUT2D eigenvalue weighted by molar-refractivity contribution is 5.72. The van der Waals surface area contributed by atoms with Gasteiger partial charge in [-0.05, 0) is 24.5 Å². The Labute approximate surface area is 96.1 Å². The van der Waals surface area contributed by atoms with E-state index in [1.54, 1.807) is 12.1 Å². The molecule has 0 aliphatic carbocycles. The molecule has 3 heteroatoms. The lowest BCUT2D eigenvalue weighted by Crippen LogP contribution is -2.16. The van der Waals surface area contributed by atoms with E-state index in [1.165, 1.54) is 0 Å². The second-order valence-electron chi connectivity index (χ2n) is 3.83. The Morgan fingerprint density at radius 2 is 2.06 bits per heavy atom. The molecular weight excluding hydrogens is 204 g/mol. The summed E-state index contributed by atoms with van der Waals surface area (Å²) in [4.78, 5) is 11.5. The number of para-hydroxylation sites is 1. The smallest absolute Gasteiger partial charge is 0.311 e. The first-order chi connectivity index (χ1) is 7.76. The van der Waals surface area contributed by atoms with Crippen molar-refractivity contribution in [3.05, 3.63) is 30.3 Å². The van der Waals surface area contributed by atoms with Crippen LogP contribution in [0.15, 0.2) is 30.3 Å². The van der Waals surface area contributed by atoms with E-state index in [0.717, 1.165) is 12.8 Å². The van der Waals surface area contributed by atoms with Crippen molar-refractivity contribution in [2.24, 2.45) is 5.92 Å². The van der Waals surface area contributed by atoms with Crippen LogP contribution in [0.4, 0.5) is 0 Å². The lowest BCUT2D eigenvalue weighted by Gasteiger charge is -2.11. The minimum atomic E-state index is -0.279. The third-order valence-corrected chi connectivity index (χ3v) is 2.39. The molecule has 1 aromatic rings. The summed E-state index contributed by atoms with van der Waals surface area (Å²) in [5.41, 5.74) is 0. The predicted molar refractivity (Wildman–Crippen MR) is 62.2 cm³/mol. The number of hydrogen-bond donors (Lipinski definition) is 1. The van der Waals surface area contributed by atoms with E-state index in [1.807, 2.05) is 25.1 Å². The fourth-order valence-corrected chi connectivity index (χ4v) is 1.56. The molecule has 88 valence electrons. The van der Waals surface area contributed by atoms with Crippen molar-refractivity contribution in [2.75, 3.05) is 6.61 Å². The molecule has 0 spiro atoms. The molecule has 1 N–H and O–H groups in total. The maximum atomic E-state index is 11.5. The highest BCUT2D eigenvalue weighted by Gasteiger charge is 2.13. The summed E-state index contributed by atoms with van der Waals surface area (Å²) in [5.74, 6) is 0.292. The summed E-state index contributed by atoms with van der Waals surface area (Å²) in [6.07, 6.45) is 2.09. The topological polar surface area (TPSA) is 46.5 Å². The minimum absolute atomic E-state index is 0.0150. The van der Waals surface area contributed by atoms with Crippen molar-refractivity contribution >= 4 is 5.97 Å². The van der Waals surface area contributed by atoms with Gasteiger partial charge in [0.25, 0.3) is 0 Å². The second kappa shape index (κ2) is 7.01. The van der Waals surface area contributed by atoms with Gasteiger partial charge in [-0.1, -0.05) is 31.5 Å². The molecule has 0 aliphatic heterocycles. The van der Waals surface area contributed by atoms with Crippen LogP contribution >= 0.6 is 0 Å². The monoisotopic (exact) mass is 222 g/mol. The second-order valence-corrected chi connectivity index (χ2v) is 3.83. The van der Waals surface area contributed by atoms with Crippen molar-refractivity contribution in [3.8, 4) is 5.75 Å². The quantitative estimate of drug-likeness (QED) is 0.594. The van der Waals surface area contributed by atoms with Crippen LogP contribution in [-0.2, 0) is 4.79 Å².